The highest BCUT2D eigenvalue weighted by atomic mass is 35.5. The molecule has 0 spiro atoms. The molecule has 0 heterocycles. The number of halogens is 2. The standard InChI is InChI=1S/C19H19ClFNO4S/c20-16-10-15(21)6-7-17(16)25-12-19(24)26-11-18(23)22-8-9-27-13-14-4-2-1-3-5-14/h1-7,10H,8-9,11-13H2,(H,22,23). The number of ether oxygens (including phenoxy) is 2. The number of benzene rings is 2. The molecule has 0 saturated heterocycles. The molecule has 8 heteroatoms. The molecule has 2 aromatic rings. The van der Waals surface area contributed by atoms with E-state index in [-0.39, 0.29) is 23.3 Å². The lowest BCUT2D eigenvalue weighted by molar-refractivity contribution is -0.150. The Kier molecular flexibility index (Phi) is 8.94. The minimum Gasteiger partial charge on any atom is -0.480 e. The first-order chi connectivity index (χ1) is 13.0. The summed E-state index contributed by atoms with van der Waals surface area (Å²) in [5.41, 5.74) is 1.23. The van der Waals surface area contributed by atoms with Crippen molar-refractivity contribution in [2.45, 2.75) is 5.75 Å². The third-order valence-corrected chi connectivity index (χ3v) is 4.61. The van der Waals surface area contributed by atoms with Crippen LogP contribution in [-0.2, 0) is 20.1 Å². The number of esters is 1. The van der Waals surface area contributed by atoms with E-state index in [0.29, 0.717) is 6.54 Å². The van der Waals surface area contributed by atoms with Crippen molar-refractivity contribution in [3.05, 3.63) is 64.9 Å². The Morgan fingerprint density at radius 1 is 1.11 bits per heavy atom. The van der Waals surface area contributed by atoms with Gasteiger partial charge < -0.3 is 14.8 Å². The molecule has 0 fully saturated rings. The first-order valence-electron chi connectivity index (χ1n) is 8.16. The molecular weight excluding hydrogens is 393 g/mol. The number of amides is 1. The largest absolute Gasteiger partial charge is 0.480 e. The van der Waals surface area contributed by atoms with Gasteiger partial charge in [0.2, 0.25) is 0 Å². The van der Waals surface area contributed by atoms with Crippen LogP contribution in [0.3, 0.4) is 0 Å². The summed E-state index contributed by atoms with van der Waals surface area (Å²) in [6.07, 6.45) is 0. The highest BCUT2D eigenvalue weighted by Gasteiger charge is 2.10. The number of nitrogens with one attached hydrogen (secondary N) is 1. The first kappa shape index (κ1) is 21.1. The van der Waals surface area contributed by atoms with Crippen LogP contribution < -0.4 is 10.1 Å². The average Bonchev–Trinajstić information content (AvgIpc) is 2.66. The average molecular weight is 412 g/mol. The molecule has 0 aliphatic rings. The minimum absolute atomic E-state index is 0.0496. The second kappa shape index (κ2) is 11.5. The maximum atomic E-state index is 12.9. The van der Waals surface area contributed by atoms with Crippen molar-refractivity contribution in [3.63, 3.8) is 0 Å². The molecule has 0 radical (unpaired) electrons. The summed E-state index contributed by atoms with van der Waals surface area (Å²) in [5, 5.41) is 2.72. The molecule has 0 aliphatic carbocycles. The van der Waals surface area contributed by atoms with Crippen molar-refractivity contribution in [2.75, 3.05) is 25.5 Å². The van der Waals surface area contributed by atoms with Crippen molar-refractivity contribution in [1.82, 2.24) is 5.32 Å². The van der Waals surface area contributed by atoms with E-state index < -0.39 is 18.4 Å². The summed E-state index contributed by atoms with van der Waals surface area (Å²) in [6, 6.07) is 13.6. The van der Waals surface area contributed by atoms with Gasteiger partial charge in [-0.15, -0.1) is 0 Å². The van der Waals surface area contributed by atoms with E-state index in [0.717, 1.165) is 23.6 Å². The van der Waals surface area contributed by atoms with Gasteiger partial charge in [-0.1, -0.05) is 41.9 Å². The van der Waals surface area contributed by atoms with E-state index in [1.54, 1.807) is 11.8 Å². The van der Waals surface area contributed by atoms with Gasteiger partial charge in [0.05, 0.1) is 5.02 Å². The van der Waals surface area contributed by atoms with Crippen molar-refractivity contribution in [3.8, 4) is 5.75 Å². The maximum absolute atomic E-state index is 12.9. The highest BCUT2D eigenvalue weighted by Crippen LogP contribution is 2.24. The summed E-state index contributed by atoms with van der Waals surface area (Å²) < 4.78 is 22.9. The molecule has 2 aromatic carbocycles. The Morgan fingerprint density at radius 3 is 2.63 bits per heavy atom. The second-order valence-electron chi connectivity index (χ2n) is 5.41. The molecule has 2 rings (SSSR count). The topological polar surface area (TPSA) is 64.6 Å². The molecule has 0 aromatic heterocycles. The van der Waals surface area contributed by atoms with Gasteiger partial charge in [0, 0.05) is 18.1 Å². The van der Waals surface area contributed by atoms with Crippen LogP contribution in [-0.4, -0.2) is 37.4 Å². The lowest BCUT2D eigenvalue weighted by atomic mass is 10.2. The normalized spacial score (nSPS) is 10.3. The van der Waals surface area contributed by atoms with Crippen LogP contribution in [0.25, 0.3) is 0 Å². The predicted octanol–water partition coefficient (Wildman–Crippen LogP) is 3.45. The zero-order chi connectivity index (χ0) is 19.5. The van der Waals surface area contributed by atoms with E-state index in [4.69, 9.17) is 21.1 Å². The van der Waals surface area contributed by atoms with Crippen LogP contribution in [0.4, 0.5) is 4.39 Å². The number of carbonyl (C=O) groups is 2. The van der Waals surface area contributed by atoms with Crippen LogP contribution >= 0.6 is 23.4 Å². The van der Waals surface area contributed by atoms with E-state index in [1.807, 2.05) is 30.3 Å². The van der Waals surface area contributed by atoms with E-state index in [9.17, 15) is 14.0 Å². The summed E-state index contributed by atoms with van der Waals surface area (Å²) in [7, 11) is 0. The molecule has 0 saturated carbocycles. The number of thioether (sulfide) groups is 1. The van der Waals surface area contributed by atoms with Gasteiger partial charge >= 0.3 is 5.97 Å². The molecule has 1 amide bonds. The van der Waals surface area contributed by atoms with Crippen LogP contribution in [0.1, 0.15) is 5.56 Å². The summed E-state index contributed by atoms with van der Waals surface area (Å²) >= 11 is 7.48. The molecule has 0 atom stereocenters. The Hall–Kier alpha value is -2.25. The van der Waals surface area contributed by atoms with Crippen molar-refractivity contribution >= 4 is 35.2 Å². The van der Waals surface area contributed by atoms with Gasteiger partial charge in [-0.05, 0) is 23.8 Å². The Bertz CT molecular complexity index is 761. The summed E-state index contributed by atoms with van der Waals surface area (Å²) in [5.74, 6) is 0.173. The lowest BCUT2D eigenvalue weighted by Gasteiger charge is -2.09. The molecule has 0 bridgehead atoms. The fourth-order valence-electron chi connectivity index (χ4n) is 1.99. The third-order valence-electron chi connectivity index (χ3n) is 3.28. The van der Waals surface area contributed by atoms with E-state index in [1.165, 1.54) is 11.6 Å². The van der Waals surface area contributed by atoms with Crippen molar-refractivity contribution in [2.24, 2.45) is 0 Å². The molecule has 0 unspecified atom stereocenters. The fraction of sp³-hybridized carbons (Fsp3) is 0.263. The summed E-state index contributed by atoms with van der Waals surface area (Å²) in [6.45, 7) is -0.330. The predicted molar refractivity (Wildman–Crippen MR) is 103 cm³/mol. The van der Waals surface area contributed by atoms with Gasteiger partial charge in [0.25, 0.3) is 5.91 Å². The lowest BCUT2D eigenvalue weighted by Crippen LogP contribution is -2.31. The van der Waals surface area contributed by atoms with Crippen LogP contribution in [0, 0.1) is 5.82 Å². The van der Waals surface area contributed by atoms with Gasteiger partial charge in [-0.3, -0.25) is 4.79 Å². The number of hydrogen-bond donors (Lipinski definition) is 1. The second-order valence-corrected chi connectivity index (χ2v) is 6.92. The third kappa shape index (κ3) is 8.32. The van der Waals surface area contributed by atoms with Crippen LogP contribution in [0.15, 0.2) is 48.5 Å². The zero-order valence-corrected chi connectivity index (χ0v) is 16.0. The van der Waals surface area contributed by atoms with Gasteiger partial charge in [0.15, 0.2) is 13.2 Å². The van der Waals surface area contributed by atoms with E-state index in [2.05, 4.69) is 5.32 Å². The highest BCUT2D eigenvalue weighted by molar-refractivity contribution is 7.98. The maximum Gasteiger partial charge on any atom is 0.344 e. The fourth-order valence-corrected chi connectivity index (χ4v) is 3.04. The Morgan fingerprint density at radius 2 is 1.89 bits per heavy atom. The minimum atomic E-state index is -0.719. The number of hydrogen-bond acceptors (Lipinski definition) is 5. The zero-order valence-electron chi connectivity index (χ0n) is 14.5. The van der Waals surface area contributed by atoms with Crippen molar-refractivity contribution < 1.29 is 23.5 Å². The number of rotatable bonds is 10. The SMILES string of the molecule is O=C(COC(=O)COc1ccc(F)cc1Cl)NCCSCc1ccccc1. The first-order valence-corrected chi connectivity index (χ1v) is 9.69. The van der Waals surface area contributed by atoms with Gasteiger partial charge in [-0.2, -0.15) is 11.8 Å². The molecule has 5 nitrogen and oxygen atoms in total. The smallest absolute Gasteiger partial charge is 0.344 e. The Labute approximate surface area is 166 Å². The quantitative estimate of drug-likeness (QED) is 0.479. The number of carbonyl (C=O) groups excluding carboxylic acids is 2. The molecule has 27 heavy (non-hydrogen) atoms. The van der Waals surface area contributed by atoms with E-state index >= 15 is 0 Å². The Balaban J connectivity index is 1.54. The van der Waals surface area contributed by atoms with Crippen molar-refractivity contribution in [1.29, 1.82) is 0 Å². The van der Waals surface area contributed by atoms with Gasteiger partial charge in [-0.25, -0.2) is 9.18 Å². The van der Waals surface area contributed by atoms with Crippen LogP contribution in [0.2, 0.25) is 5.02 Å². The molecular formula is C19H19ClFNO4S. The van der Waals surface area contributed by atoms with Gasteiger partial charge in [0.1, 0.15) is 11.6 Å². The molecule has 1 N–H and O–H groups in total. The molecule has 144 valence electrons. The molecule has 0 aliphatic heterocycles. The van der Waals surface area contributed by atoms with Crippen LogP contribution in [0.5, 0.6) is 5.75 Å². The summed E-state index contributed by atoms with van der Waals surface area (Å²) in [4.78, 5) is 23.2. The monoisotopic (exact) mass is 411 g/mol.